The number of ether oxygens (including phenoxy) is 1. The Hall–Kier alpha value is -1.10. The standard InChI is InChI=1S/C12H21NO4/c1-12(2,4-5-17-3)7-13-10(14)8-6-9(8)11(15)16/h8-9H,4-7H2,1-3H3,(H,13,14)(H,15,16). The molecular weight excluding hydrogens is 222 g/mol. The molecule has 0 aromatic heterocycles. The molecule has 5 heteroatoms. The Labute approximate surface area is 102 Å². The maximum absolute atomic E-state index is 11.6. The molecule has 0 aliphatic heterocycles. The lowest BCUT2D eigenvalue weighted by Gasteiger charge is -2.24. The van der Waals surface area contributed by atoms with Crippen LogP contribution in [0.5, 0.6) is 0 Å². The number of carboxylic acid groups (broad SMARTS) is 1. The van der Waals surface area contributed by atoms with E-state index in [1.807, 2.05) is 13.8 Å². The molecule has 0 radical (unpaired) electrons. The fraction of sp³-hybridized carbons (Fsp3) is 0.833. The van der Waals surface area contributed by atoms with Gasteiger partial charge in [0.2, 0.25) is 5.91 Å². The molecule has 0 bridgehead atoms. The lowest BCUT2D eigenvalue weighted by molar-refractivity contribution is -0.140. The Kier molecular flexibility index (Phi) is 4.51. The first-order chi connectivity index (χ1) is 7.87. The molecule has 0 aromatic carbocycles. The van der Waals surface area contributed by atoms with Crippen molar-refractivity contribution in [1.82, 2.24) is 5.32 Å². The van der Waals surface area contributed by atoms with Crippen LogP contribution in [0.25, 0.3) is 0 Å². The van der Waals surface area contributed by atoms with Crippen molar-refractivity contribution < 1.29 is 19.4 Å². The zero-order valence-corrected chi connectivity index (χ0v) is 10.7. The highest BCUT2D eigenvalue weighted by molar-refractivity contribution is 5.89. The molecule has 2 atom stereocenters. The summed E-state index contributed by atoms with van der Waals surface area (Å²) in [6.45, 7) is 5.31. The minimum Gasteiger partial charge on any atom is -0.481 e. The molecule has 1 aliphatic rings. The Bertz CT molecular complexity index is 301. The molecule has 98 valence electrons. The van der Waals surface area contributed by atoms with Crippen molar-refractivity contribution in [2.24, 2.45) is 17.3 Å². The summed E-state index contributed by atoms with van der Waals surface area (Å²) in [6, 6.07) is 0. The summed E-state index contributed by atoms with van der Waals surface area (Å²) in [5.41, 5.74) is -0.0285. The Morgan fingerprint density at radius 3 is 2.53 bits per heavy atom. The lowest BCUT2D eigenvalue weighted by Crippen LogP contribution is -2.36. The van der Waals surface area contributed by atoms with E-state index < -0.39 is 11.9 Å². The van der Waals surface area contributed by atoms with Crippen molar-refractivity contribution >= 4 is 11.9 Å². The van der Waals surface area contributed by atoms with Crippen LogP contribution in [-0.2, 0) is 14.3 Å². The van der Waals surface area contributed by atoms with Crippen molar-refractivity contribution in [1.29, 1.82) is 0 Å². The first kappa shape index (κ1) is 14.0. The summed E-state index contributed by atoms with van der Waals surface area (Å²) in [4.78, 5) is 22.3. The van der Waals surface area contributed by atoms with Gasteiger partial charge in [0, 0.05) is 20.3 Å². The highest BCUT2D eigenvalue weighted by atomic mass is 16.5. The van der Waals surface area contributed by atoms with Crippen LogP contribution in [0.3, 0.4) is 0 Å². The largest absolute Gasteiger partial charge is 0.481 e. The molecule has 0 aromatic rings. The summed E-state index contributed by atoms with van der Waals surface area (Å²) < 4.78 is 5.00. The van der Waals surface area contributed by atoms with E-state index in [1.54, 1.807) is 7.11 Å². The second-order valence-corrected chi connectivity index (χ2v) is 5.41. The molecule has 5 nitrogen and oxygen atoms in total. The van der Waals surface area contributed by atoms with Gasteiger partial charge in [0.05, 0.1) is 11.8 Å². The van der Waals surface area contributed by atoms with Gasteiger partial charge >= 0.3 is 5.97 Å². The van der Waals surface area contributed by atoms with E-state index in [-0.39, 0.29) is 17.2 Å². The third-order valence-corrected chi connectivity index (χ3v) is 3.17. The van der Waals surface area contributed by atoms with Crippen LogP contribution < -0.4 is 5.32 Å². The molecule has 1 fully saturated rings. The molecule has 1 amide bonds. The van der Waals surface area contributed by atoms with Crippen LogP contribution in [0.1, 0.15) is 26.7 Å². The molecule has 2 unspecified atom stereocenters. The van der Waals surface area contributed by atoms with E-state index in [4.69, 9.17) is 9.84 Å². The average Bonchev–Trinajstić information content (AvgIpc) is 3.03. The average molecular weight is 243 g/mol. The quantitative estimate of drug-likeness (QED) is 0.696. The summed E-state index contributed by atoms with van der Waals surface area (Å²) in [7, 11) is 1.65. The van der Waals surface area contributed by atoms with Crippen LogP contribution in [0.2, 0.25) is 0 Å². The van der Waals surface area contributed by atoms with Gasteiger partial charge in [0.15, 0.2) is 0 Å². The van der Waals surface area contributed by atoms with Crippen molar-refractivity contribution in [2.75, 3.05) is 20.3 Å². The first-order valence-electron chi connectivity index (χ1n) is 5.87. The zero-order valence-electron chi connectivity index (χ0n) is 10.7. The van der Waals surface area contributed by atoms with Gasteiger partial charge in [-0.25, -0.2) is 0 Å². The third-order valence-electron chi connectivity index (χ3n) is 3.17. The van der Waals surface area contributed by atoms with Crippen LogP contribution in [0.15, 0.2) is 0 Å². The minimum absolute atomic E-state index is 0.0285. The first-order valence-corrected chi connectivity index (χ1v) is 5.87. The molecule has 1 saturated carbocycles. The van der Waals surface area contributed by atoms with E-state index in [0.717, 1.165) is 6.42 Å². The smallest absolute Gasteiger partial charge is 0.307 e. The number of hydrogen-bond donors (Lipinski definition) is 2. The molecule has 2 N–H and O–H groups in total. The Morgan fingerprint density at radius 2 is 2.06 bits per heavy atom. The van der Waals surface area contributed by atoms with E-state index >= 15 is 0 Å². The van der Waals surface area contributed by atoms with Gasteiger partial charge < -0.3 is 15.2 Å². The number of hydrogen-bond acceptors (Lipinski definition) is 3. The zero-order chi connectivity index (χ0) is 13.1. The highest BCUT2D eigenvalue weighted by Crippen LogP contribution is 2.38. The molecule has 17 heavy (non-hydrogen) atoms. The number of aliphatic carboxylic acids is 1. The molecule has 1 aliphatic carbocycles. The molecule has 0 saturated heterocycles. The third kappa shape index (κ3) is 4.34. The fourth-order valence-corrected chi connectivity index (χ4v) is 1.68. The van der Waals surface area contributed by atoms with Crippen LogP contribution in [0.4, 0.5) is 0 Å². The van der Waals surface area contributed by atoms with Gasteiger partial charge in [-0.3, -0.25) is 9.59 Å². The van der Waals surface area contributed by atoms with Crippen LogP contribution >= 0.6 is 0 Å². The van der Waals surface area contributed by atoms with Crippen molar-refractivity contribution in [2.45, 2.75) is 26.7 Å². The van der Waals surface area contributed by atoms with Gasteiger partial charge in [-0.1, -0.05) is 13.8 Å². The van der Waals surface area contributed by atoms with E-state index in [9.17, 15) is 9.59 Å². The SMILES string of the molecule is COCCC(C)(C)CNC(=O)C1CC1C(=O)O. The number of amides is 1. The molecule has 1 rings (SSSR count). The predicted molar refractivity (Wildman–Crippen MR) is 62.5 cm³/mol. The number of nitrogens with one attached hydrogen (secondary N) is 1. The lowest BCUT2D eigenvalue weighted by atomic mass is 9.89. The predicted octanol–water partition coefficient (Wildman–Crippen LogP) is 0.886. The minimum atomic E-state index is -0.871. The fourth-order valence-electron chi connectivity index (χ4n) is 1.68. The number of carboxylic acids is 1. The maximum Gasteiger partial charge on any atom is 0.307 e. The molecule has 0 heterocycles. The summed E-state index contributed by atoms with van der Waals surface area (Å²) >= 11 is 0. The van der Waals surface area contributed by atoms with Gasteiger partial charge in [0.25, 0.3) is 0 Å². The van der Waals surface area contributed by atoms with Crippen LogP contribution in [0, 0.1) is 17.3 Å². The van der Waals surface area contributed by atoms with E-state index in [2.05, 4.69) is 5.32 Å². The summed E-state index contributed by atoms with van der Waals surface area (Å²) in [5, 5.41) is 11.5. The van der Waals surface area contributed by atoms with Gasteiger partial charge in [-0.05, 0) is 18.3 Å². The van der Waals surface area contributed by atoms with E-state index in [1.165, 1.54) is 0 Å². The second-order valence-electron chi connectivity index (χ2n) is 5.41. The monoisotopic (exact) mass is 243 g/mol. The van der Waals surface area contributed by atoms with E-state index in [0.29, 0.717) is 19.6 Å². The molecular formula is C12H21NO4. The number of carbonyl (C=O) groups is 2. The Balaban J connectivity index is 2.27. The van der Waals surface area contributed by atoms with Crippen molar-refractivity contribution in [3.63, 3.8) is 0 Å². The van der Waals surface area contributed by atoms with Crippen molar-refractivity contribution in [3.05, 3.63) is 0 Å². The maximum atomic E-state index is 11.6. The Morgan fingerprint density at radius 1 is 1.41 bits per heavy atom. The van der Waals surface area contributed by atoms with Crippen LogP contribution in [-0.4, -0.2) is 37.2 Å². The molecule has 0 spiro atoms. The summed E-state index contributed by atoms with van der Waals surface area (Å²) in [6.07, 6.45) is 1.33. The van der Waals surface area contributed by atoms with Gasteiger partial charge in [-0.2, -0.15) is 0 Å². The van der Waals surface area contributed by atoms with Gasteiger partial charge in [-0.15, -0.1) is 0 Å². The normalized spacial score (nSPS) is 23.2. The number of rotatable bonds is 7. The topological polar surface area (TPSA) is 75.6 Å². The second kappa shape index (κ2) is 5.49. The highest BCUT2D eigenvalue weighted by Gasteiger charge is 2.48. The number of carbonyl (C=O) groups excluding carboxylic acids is 1. The van der Waals surface area contributed by atoms with Gasteiger partial charge in [0.1, 0.15) is 0 Å². The number of methoxy groups -OCH3 is 1. The summed E-state index contributed by atoms with van der Waals surface area (Å²) in [5.74, 6) is -1.81. The van der Waals surface area contributed by atoms with Crippen molar-refractivity contribution in [3.8, 4) is 0 Å².